The Morgan fingerprint density at radius 2 is 2.13 bits per heavy atom. The molecule has 0 N–H and O–H groups in total. The third kappa shape index (κ3) is 4.40. The van der Waals surface area contributed by atoms with Gasteiger partial charge in [-0.25, -0.2) is 0 Å². The van der Waals surface area contributed by atoms with E-state index in [1.807, 2.05) is 20.8 Å². The molecule has 15 heavy (non-hydrogen) atoms. The molecule has 0 aliphatic carbocycles. The van der Waals surface area contributed by atoms with Gasteiger partial charge in [-0.1, -0.05) is 11.6 Å². The first-order valence-electron chi connectivity index (χ1n) is 4.67. The third-order valence-electron chi connectivity index (χ3n) is 1.65. The minimum Gasteiger partial charge on any atom is -0.368 e. The molecule has 1 heterocycles. The van der Waals surface area contributed by atoms with Crippen molar-refractivity contribution in [1.29, 1.82) is 0 Å². The van der Waals surface area contributed by atoms with Gasteiger partial charge in [0.15, 0.2) is 0 Å². The van der Waals surface area contributed by atoms with Crippen LogP contribution in [0.5, 0.6) is 0 Å². The van der Waals surface area contributed by atoms with Crippen molar-refractivity contribution in [2.45, 2.75) is 26.4 Å². The highest BCUT2D eigenvalue weighted by Crippen LogP contribution is 2.09. The fourth-order valence-corrected chi connectivity index (χ4v) is 1.01. The normalized spacial score (nSPS) is 11.5. The molecule has 0 spiro atoms. The molecule has 4 heteroatoms. The largest absolute Gasteiger partial charge is 0.368 e. The van der Waals surface area contributed by atoms with E-state index in [0.717, 1.165) is 0 Å². The van der Waals surface area contributed by atoms with Gasteiger partial charge >= 0.3 is 0 Å². The number of ether oxygens (including phenoxy) is 1. The maximum absolute atomic E-state index is 11.6. The van der Waals surface area contributed by atoms with E-state index >= 15 is 0 Å². The summed E-state index contributed by atoms with van der Waals surface area (Å²) in [4.78, 5) is 15.5. The van der Waals surface area contributed by atoms with E-state index in [1.54, 1.807) is 12.1 Å². The van der Waals surface area contributed by atoms with Gasteiger partial charge in [0.25, 0.3) is 0 Å². The number of halogens is 1. The summed E-state index contributed by atoms with van der Waals surface area (Å²) in [5.74, 6) is -0.137. The topological polar surface area (TPSA) is 39.2 Å². The molecular formula is C11H14ClNO2. The number of nitrogens with zero attached hydrogens (tertiary/aromatic N) is 1. The molecule has 1 aromatic heterocycles. The molecule has 0 amide bonds. The quantitative estimate of drug-likeness (QED) is 0.746. The van der Waals surface area contributed by atoms with Crippen LogP contribution < -0.4 is 0 Å². The SMILES string of the molecule is CC(C)(C)OCC(=O)c1ccc(Cl)cn1. The van der Waals surface area contributed by atoms with Gasteiger partial charge in [0.05, 0.1) is 10.6 Å². The van der Waals surface area contributed by atoms with E-state index in [0.29, 0.717) is 10.7 Å². The summed E-state index contributed by atoms with van der Waals surface area (Å²) in [7, 11) is 0. The van der Waals surface area contributed by atoms with Crippen molar-refractivity contribution in [2.24, 2.45) is 0 Å². The van der Waals surface area contributed by atoms with Crippen LogP contribution in [-0.2, 0) is 4.74 Å². The van der Waals surface area contributed by atoms with Gasteiger partial charge in [0.2, 0.25) is 5.78 Å². The highest BCUT2D eigenvalue weighted by atomic mass is 35.5. The Morgan fingerprint density at radius 1 is 1.47 bits per heavy atom. The molecule has 1 aromatic rings. The minimum absolute atomic E-state index is 0.0398. The predicted molar refractivity (Wildman–Crippen MR) is 59.3 cm³/mol. The zero-order valence-corrected chi connectivity index (χ0v) is 9.84. The number of rotatable bonds is 3. The molecule has 0 aliphatic heterocycles. The fraction of sp³-hybridized carbons (Fsp3) is 0.455. The summed E-state index contributed by atoms with van der Waals surface area (Å²) in [6, 6.07) is 3.23. The van der Waals surface area contributed by atoms with Crippen LogP contribution in [0.25, 0.3) is 0 Å². The molecule has 0 saturated carbocycles. The monoisotopic (exact) mass is 227 g/mol. The number of hydrogen-bond donors (Lipinski definition) is 0. The molecule has 0 atom stereocenters. The zero-order chi connectivity index (χ0) is 11.5. The van der Waals surface area contributed by atoms with Crippen molar-refractivity contribution in [3.8, 4) is 0 Å². The van der Waals surface area contributed by atoms with Gasteiger partial charge in [0, 0.05) is 6.20 Å². The van der Waals surface area contributed by atoms with E-state index in [-0.39, 0.29) is 18.0 Å². The average Bonchev–Trinajstić information content (AvgIpc) is 2.14. The molecule has 0 radical (unpaired) electrons. The first kappa shape index (κ1) is 12.1. The van der Waals surface area contributed by atoms with Crippen molar-refractivity contribution in [3.63, 3.8) is 0 Å². The number of carbonyl (C=O) groups is 1. The van der Waals surface area contributed by atoms with Crippen LogP contribution in [0.15, 0.2) is 18.3 Å². The van der Waals surface area contributed by atoms with Crippen molar-refractivity contribution in [1.82, 2.24) is 4.98 Å². The van der Waals surface area contributed by atoms with E-state index < -0.39 is 0 Å². The van der Waals surface area contributed by atoms with Gasteiger partial charge in [-0.2, -0.15) is 0 Å². The average molecular weight is 228 g/mol. The highest BCUT2D eigenvalue weighted by Gasteiger charge is 2.14. The molecule has 0 fully saturated rings. The molecular weight excluding hydrogens is 214 g/mol. The summed E-state index contributed by atoms with van der Waals surface area (Å²) in [6.07, 6.45) is 1.45. The van der Waals surface area contributed by atoms with Gasteiger partial charge in [-0.05, 0) is 32.9 Å². The summed E-state index contributed by atoms with van der Waals surface area (Å²) >= 11 is 5.66. The smallest absolute Gasteiger partial charge is 0.206 e. The second-order valence-electron chi connectivity index (χ2n) is 4.19. The highest BCUT2D eigenvalue weighted by molar-refractivity contribution is 6.30. The Bertz CT molecular complexity index is 341. The molecule has 3 nitrogen and oxygen atoms in total. The van der Waals surface area contributed by atoms with Crippen molar-refractivity contribution < 1.29 is 9.53 Å². The maximum Gasteiger partial charge on any atom is 0.206 e. The van der Waals surface area contributed by atoms with Gasteiger partial charge in [-0.15, -0.1) is 0 Å². The number of hydrogen-bond acceptors (Lipinski definition) is 3. The van der Waals surface area contributed by atoms with Crippen LogP contribution in [0.4, 0.5) is 0 Å². The molecule has 0 saturated heterocycles. The summed E-state index contributed by atoms with van der Waals surface area (Å²) < 4.78 is 5.35. The third-order valence-corrected chi connectivity index (χ3v) is 1.87. The van der Waals surface area contributed by atoms with Gasteiger partial charge in [-0.3, -0.25) is 9.78 Å². The first-order chi connectivity index (χ1) is 6.88. The van der Waals surface area contributed by atoms with Gasteiger partial charge < -0.3 is 4.74 Å². The Morgan fingerprint density at radius 3 is 2.60 bits per heavy atom. The lowest BCUT2D eigenvalue weighted by Crippen LogP contribution is -2.24. The second-order valence-corrected chi connectivity index (χ2v) is 4.62. The number of ketones is 1. The van der Waals surface area contributed by atoms with E-state index in [2.05, 4.69) is 4.98 Å². The molecule has 0 aromatic carbocycles. The fourth-order valence-electron chi connectivity index (χ4n) is 0.897. The molecule has 1 rings (SSSR count). The van der Waals surface area contributed by atoms with Crippen molar-refractivity contribution in [2.75, 3.05) is 6.61 Å². The van der Waals surface area contributed by atoms with Crippen LogP contribution in [0.3, 0.4) is 0 Å². The molecule has 0 aliphatic rings. The lowest BCUT2D eigenvalue weighted by molar-refractivity contribution is 0.00287. The Kier molecular flexibility index (Phi) is 3.83. The number of Topliss-reactive ketones (excluding diaryl/α,β-unsaturated/α-hetero) is 1. The molecule has 0 bridgehead atoms. The standard InChI is InChI=1S/C11H14ClNO2/c1-11(2,3)15-7-10(14)9-5-4-8(12)6-13-9/h4-6H,7H2,1-3H3. The molecule has 82 valence electrons. The van der Waals surface area contributed by atoms with Gasteiger partial charge in [0.1, 0.15) is 12.3 Å². The summed E-state index contributed by atoms with van der Waals surface area (Å²) in [5, 5.41) is 0.517. The summed E-state index contributed by atoms with van der Waals surface area (Å²) in [5.41, 5.74) is 0.0610. The van der Waals surface area contributed by atoms with Crippen LogP contribution in [-0.4, -0.2) is 23.0 Å². The number of carbonyl (C=O) groups excluding carboxylic acids is 1. The minimum atomic E-state index is -0.317. The Balaban J connectivity index is 2.58. The molecule has 0 unspecified atom stereocenters. The van der Waals surface area contributed by atoms with Crippen LogP contribution in [0.2, 0.25) is 5.02 Å². The lowest BCUT2D eigenvalue weighted by atomic mass is 10.2. The van der Waals surface area contributed by atoms with Crippen LogP contribution in [0, 0.1) is 0 Å². The Hall–Kier alpha value is -0.930. The van der Waals surface area contributed by atoms with E-state index in [9.17, 15) is 4.79 Å². The van der Waals surface area contributed by atoms with Crippen LogP contribution in [0.1, 0.15) is 31.3 Å². The maximum atomic E-state index is 11.6. The van der Waals surface area contributed by atoms with Crippen molar-refractivity contribution in [3.05, 3.63) is 29.0 Å². The predicted octanol–water partition coefficient (Wildman–Crippen LogP) is 2.73. The lowest BCUT2D eigenvalue weighted by Gasteiger charge is -2.18. The van der Waals surface area contributed by atoms with E-state index in [4.69, 9.17) is 16.3 Å². The number of aromatic nitrogens is 1. The number of pyridine rings is 1. The summed E-state index contributed by atoms with van der Waals surface area (Å²) in [6.45, 7) is 5.73. The van der Waals surface area contributed by atoms with E-state index in [1.165, 1.54) is 6.20 Å². The Labute approximate surface area is 94.4 Å². The zero-order valence-electron chi connectivity index (χ0n) is 9.08. The first-order valence-corrected chi connectivity index (χ1v) is 5.05. The van der Waals surface area contributed by atoms with Crippen LogP contribution >= 0.6 is 11.6 Å². The second kappa shape index (κ2) is 4.73. The van der Waals surface area contributed by atoms with Crippen molar-refractivity contribution >= 4 is 17.4 Å².